The molecule has 1 heterocycles. The van der Waals surface area contributed by atoms with Crippen molar-refractivity contribution in [2.24, 2.45) is 0 Å². The molecule has 1 rings (SSSR count). The van der Waals surface area contributed by atoms with Gasteiger partial charge >= 0.3 is 6.09 Å². The van der Waals surface area contributed by atoms with Crippen LogP contribution in [0.15, 0.2) is 0 Å². The molecule has 1 fully saturated rings. The normalized spacial score (nSPS) is 19.4. The molecule has 1 saturated heterocycles. The van der Waals surface area contributed by atoms with Crippen LogP contribution < -0.4 is 5.32 Å². The Bertz CT molecular complexity index is 287. The van der Waals surface area contributed by atoms with Gasteiger partial charge in [0.25, 0.3) is 0 Å². The summed E-state index contributed by atoms with van der Waals surface area (Å²) in [7, 11) is 0. The van der Waals surface area contributed by atoms with Crippen molar-refractivity contribution in [1.29, 1.82) is 0 Å². The molecule has 1 aliphatic heterocycles. The van der Waals surface area contributed by atoms with Gasteiger partial charge in [0.2, 0.25) is 0 Å². The third kappa shape index (κ3) is 6.60. The molecule has 0 bridgehead atoms. The lowest BCUT2D eigenvalue weighted by Gasteiger charge is -2.28. The van der Waals surface area contributed by atoms with Gasteiger partial charge in [-0.05, 0) is 59.5 Å². The van der Waals surface area contributed by atoms with E-state index < -0.39 is 5.60 Å². The minimum absolute atomic E-state index is 0.147. The molecule has 0 radical (unpaired) electrons. The van der Waals surface area contributed by atoms with Crippen molar-refractivity contribution in [3.8, 4) is 0 Å². The van der Waals surface area contributed by atoms with E-state index in [0.717, 1.165) is 38.9 Å². The van der Waals surface area contributed by atoms with Gasteiger partial charge in [0.1, 0.15) is 5.60 Å². The minimum Gasteiger partial charge on any atom is -0.444 e. The first-order valence-corrected chi connectivity index (χ1v) is 8.14. The Labute approximate surface area is 124 Å². The fourth-order valence-electron chi connectivity index (χ4n) is 2.59. The number of carbonyl (C=O) groups is 1. The topological polar surface area (TPSA) is 41.6 Å². The molecule has 1 atom stereocenters. The summed E-state index contributed by atoms with van der Waals surface area (Å²) in [5, 5.41) is 3.48. The number of carbonyl (C=O) groups excluding carboxylic acids is 1. The molecule has 118 valence electrons. The molecule has 1 aliphatic rings. The summed E-state index contributed by atoms with van der Waals surface area (Å²) >= 11 is 0. The molecule has 0 saturated carbocycles. The first-order valence-electron chi connectivity index (χ1n) is 8.14. The van der Waals surface area contributed by atoms with Gasteiger partial charge in [-0.2, -0.15) is 0 Å². The van der Waals surface area contributed by atoms with Crippen LogP contribution in [0.2, 0.25) is 0 Å². The van der Waals surface area contributed by atoms with Crippen LogP contribution in [0.4, 0.5) is 4.79 Å². The maximum absolute atomic E-state index is 12.1. The Balaban J connectivity index is 2.25. The molecular formula is C16H32N2O2. The van der Waals surface area contributed by atoms with Crippen LogP contribution in [0.3, 0.4) is 0 Å². The van der Waals surface area contributed by atoms with E-state index in [1.165, 1.54) is 19.3 Å². The first-order chi connectivity index (χ1) is 9.44. The van der Waals surface area contributed by atoms with E-state index in [2.05, 4.69) is 12.2 Å². The Morgan fingerprint density at radius 3 is 2.70 bits per heavy atom. The second-order valence-electron chi connectivity index (χ2n) is 6.72. The predicted octanol–water partition coefficient (Wildman–Crippen LogP) is 3.56. The predicted molar refractivity (Wildman–Crippen MR) is 83.0 cm³/mol. The Morgan fingerprint density at radius 1 is 1.30 bits per heavy atom. The molecule has 1 amide bonds. The van der Waals surface area contributed by atoms with Crippen molar-refractivity contribution >= 4 is 6.09 Å². The number of nitrogens with one attached hydrogen (secondary N) is 1. The molecule has 0 aromatic heterocycles. The largest absolute Gasteiger partial charge is 0.444 e. The van der Waals surface area contributed by atoms with E-state index in [-0.39, 0.29) is 6.09 Å². The molecular weight excluding hydrogens is 252 g/mol. The van der Waals surface area contributed by atoms with Gasteiger partial charge in [0.05, 0.1) is 0 Å². The molecule has 0 spiro atoms. The number of ether oxygens (including phenoxy) is 1. The van der Waals surface area contributed by atoms with Crippen molar-refractivity contribution in [2.45, 2.75) is 77.9 Å². The van der Waals surface area contributed by atoms with Gasteiger partial charge in [0.15, 0.2) is 0 Å². The van der Waals surface area contributed by atoms with Gasteiger partial charge in [-0.25, -0.2) is 4.79 Å². The summed E-state index contributed by atoms with van der Waals surface area (Å²) in [6.07, 6.45) is 6.89. The van der Waals surface area contributed by atoms with Crippen LogP contribution >= 0.6 is 0 Å². The summed E-state index contributed by atoms with van der Waals surface area (Å²) in [6, 6.07) is 0.350. The fourth-order valence-corrected chi connectivity index (χ4v) is 2.59. The van der Waals surface area contributed by atoms with E-state index in [1.54, 1.807) is 0 Å². The van der Waals surface area contributed by atoms with Gasteiger partial charge in [-0.15, -0.1) is 0 Å². The average Bonchev–Trinajstić information content (AvgIpc) is 2.80. The summed E-state index contributed by atoms with van der Waals surface area (Å²) in [5.41, 5.74) is -0.400. The quantitative estimate of drug-likeness (QED) is 0.727. The van der Waals surface area contributed by atoms with Crippen LogP contribution in [-0.4, -0.2) is 42.3 Å². The van der Waals surface area contributed by atoms with Gasteiger partial charge in [-0.1, -0.05) is 19.8 Å². The zero-order chi connectivity index (χ0) is 15.0. The lowest BCUT2D eigenvalue weighted by molar-refractivity contribution is 0.0221. The monoisotopic (exact) mass is 284 g/mol. The number of rotatable bonds is 7. The number of nitrogens with zero attached hydrogens (tertiary/aromatic N) is 1. The fraction of sp³-hybridized carbons (Fsp3) is 0.938. The van der Waals surface area contributed by atoms with Crippen molar-refractivity contribution in [3.63, 3.8) is 0 Å². The SMILES string of the molecule is CCCCCNCCC1CCCN1C(=O)OC(C)(C)C. The van der Waals surface area contributed by atoms with Crippen molar-refractivity contribution in [2.75, 3.05) is 19.6 Å². The highest BCUT2D eigenvalue weighted by Gasteiger charge is 2.31. The summed E-state index contributed by atoms with van der Waals surface area (Å²) < 4.78 is 5.48. The minimum atomic E-state index is -0.400. The molecule has 4 nitrogen and oxygen atoms in total. The standard InChI is InChI=1S/C16H32N2O2/c1-5-6-7-11-17-12-10-14-9-8-13-18(14)15(19)20-16(2,3)4/h14,17H,5-13H2,1-4H3. The summed E-state index contributed by atoms with van der Waals surface area (Å²) in [5.74, 6) is 0. The highest BCUT2D eigenvalue weighted by atomic mass is 16.6. The van der Waals surface area contributed by atoms with Crippen LogP contribution in [0.1, 0.15) is 66.2 Å². The lowest BCUT2D eigenvalue weighted by Crippen LogP contribution is -2.40. The highest BCUT2D eigenvalue weighted by Crippen LogP contribution is 2.22. The van der Waals surface area contributed by atoms with Crippen molar-refractivity contribution < 1.29 is 9.53 Å². The zero-order valence-corrected chi connectivity index (χ0v) is 13.7. The third-order valence-electron chi connectivity index (χ3n) is 3.62. The lowest BCUT2D eigenvalue weighted by atomic mass is 10.1. The number of hydrogen-bond donors (Lipinski definition) is 1. The van der Waals surface area contributed by atoms with E-state index in [4.69, 9.17) is 4.74 Å². The number of amides is 1. The van der Waals surface area contributed by atoms with E-state index >= 15 is 0 Å². The maximum atomic E-state index is 12.1. The van der Waals surface area contributed by atoms with Crippen molar-refractivity contribution in [3.05, 3.63) is 0 Å². The van der Waals surface area contributed by atoms with Crippen molar-refractivity contribution in [1.82, 2.24) is 10.2 Å². The zero-order valence-electron chi connectivity index (χ0n) is 13.7. The summed E-state index contributed by atoms with van der Waals surface area (Å²) in [6.45, 7) is 10.9. The molecule has 1 unspecified atom stereocenters. The second kappa shape index (κ2) is 8.50. The Hall–Kier alpha value is -0.770. The maximum Gasteiger partial charge on any atom is 0.410 e. The highest BCUT2D eigenvalue weighted by molar-refractivity contribution is 5.68. The molecule has 4 heteroatoms. The van der Waals surface area contributed by atoms with Gasteiger partial charge in [-0.3, -0.25) is 0 Å². The van der Waals surface area contributed by atoms with Gasteiger partial charge in [0, 0.05) is 12.6 Å². The molecule has 0 aromatic rings. The van der Waals surface area contributed by atoms with Crippen LogP contribution in [0.25, 0.3) is 0 Å². The third-order valence-corrected chi connectivity index (χ3v) is 3.62. The van der Waals surface area contributed by atoms with E-state index in [0.29, 0.717) is 6.04 Å². The number of hydrogen-bond acceptors (Lipinski definition) is 3. The van der Waals surface area contributed by atoms with Crippen LogP contribution in [0, 0.1) is 0 Å². The van der Waals surface area contributed by atoms with Gasteiger partial charge < -0.3 is 15.0 Å². The average molecular weight is 284 g/mol. The molecule has 20 heavy (non-hydrogen) atoms. The smallest absolute Gasteiger partial charge is 0.410 e. The van der Waals surface area contributed by atoms with E-state index in [1.807, 2.05) is 25.7 Å². The number of likely N-dealkylation sites (tertiary alicyclic amines) is 1. The van der Waals surface area contributed by atoms with Crippen LogP contribution in [-0.2, 0) is 4.74 Å². The first kappa shape index (κ1) is 17.3. The Kier molecular flexibility index (Phi) is 7.35. The molecule has 0 aliphatic carbocycles. The van der Waals surface area contributed by atoms with E-state index in [9.17, 15) is 4.79 Å². The number of unbranched alkanes of at least 4 members (excludes halogenated alkanes) is 2. The Morgan fingerprint density at radius 2 is 2.05 bits per heavy atom. The summed E-state index contributed by atoms with van der Waals surface area (Å²) in [4.78, 5) is 14.0. The molecule has 1 N–H and O–H groups in total. The van der Waals surface area contributed by atoms with Crippen LogP contribution in [0.5, 0.6) is 0 Å². The second-order valence-corrected chi connectivity index (χ2v) is 6.72. The molecule has 0 aromatic carbocycles.